The Labute approximate surface area is 184 Å². The maximum atomic E-state index is 13.3. The molecule has 3 heterocycles. The molecule has 3 saturated carbocycles. The first-order valence-electron chi connectivity index (χ1n) is 11.7. The van der Waals surface area contributed by atoms with Gasteiger partial charge in [0.1, 0.15) is 5.92 Å². The number of rotatable bonds is 4. The van der Waals surface area contributed by atoms with Gasteiger partial charge in [0.15, 0.2) is 5.65 Å². The third-order valence-electron chi connectivity index (χ3n) is 7.95. The first kappa shape index (κ1) is 20.1. The Kier molecular flexibility index (Phi) is 4.36. The predicted octanol–water partition coefficient (Wildman–Crippen LogP) is 3.61. The molecule has 4 aliphatic rings. The van der Waals surface area contributed by atoms with Crippen LogP contribution in [0.4, 0.5) is 14.7 Å². The summed E-state index contributed by atoms with van der Waals surface area (Å²) >= 11 is 0. The van der Waals surface area contributed by atoms with Crippen molar-refractivity contribution < 1.29 is 18.4 Å². The fourth-order valence-electron chi connectivity index (χ4n) is 5.66. The number of fused-ring (bicyclic) bond motifs is 1. The van der Waals surface area contributed by atoms with Gasteiger partial charge in [0.2, 0.25) is 17.8 Å². The van der Waals surface area contributed by atoms with Crippen LogP contribution >= 0.6 is 0 Å². The molecule has 1 spiro atoms. The van der Waals surface area contributed by atoms with Crippen LogP contribution in [0.3, 0.4) is 0 Å². The van der Waals surface area contributed by atoms with Crippen molar-refractivity contribution in [2.24, 2.45) is 17.3 Å². The van der Waals surface area contributed by atoms with Gasteiger partial charge in [0, 0.05) is 37.0 Å². The number of alkyl halides is 2. The summed E-state index contributed by atoms with van der Waals surface area (Å²) in [6, 6.07) is 5.95. The molecule has 1 N–H and O–H groups in total. The van der Waals surface area contributed by atoms with Gasteiger partial charge in [-0.05, 0) is 62.5 Å². The van der Waals surface area contributed by atoms with Crippen molar-refractivity contribution >= 4 is 23.4 Å². The van der Waals surface area contributed by atoms with E-state index in [1.165, 1.54) is 0 Å². The third kappa shape index (κ3) is 3.46. The summed E-state index contributed by atoms with van der Waals surface area (Å²) < 4.78 is 28.4. The summed E-state index contributed by atoms with van der Waals surface area (Å²) in [6.07, 6.45) is 6.39. The highest BCUT2D eigenvalue weighted by molar-refractivity contribution is 5.92. The summed E-state index contributed by atoms with van der Waals surface area (Å²) in [6.45, 7) is 1.14. The van der Waals surface area contributed by atoms with Crippen molar-refractivity contribution in [3.8, 4) is 0 Å². The van der Waals surface area contributed by atoms with Crippen LogP contribution in [0, 0.1) is 17.3 Å². The second-order valence-corrected chi connectivity index (χ2v) is 10.2. The Hall–Kier alpha value is -2.58. The lowest BCUT2D eigenvalue weighted by Gasteiger charge is -2.39. The van der Waals surface area contributed by atoms with E-state index in [2.05, 4.69) is 21.5 Å². The molecular weight excluding hydrogens is 416 g/mol. The molecule has 3 aliphatic carbocycles. The molecule has 0 radical (unpaired) electrons. The molecule has 0 aromatic carbocycles. The quantitative estimate of drug-likeness (QED) is 0.783. The standard InChI is InChI=1S/C23H27F2N5O2/c24-23(25)13-16(23)20(32)29-10-8-22(9-11-29)7-6-15(12-22)17-2-1-3-18-26-21(28-30(17)18)27-19(31)14-4-5-14/h1-3,14-16H,4-13H2,(H,27,28,31)/t15-,16+/m1/s1. The number of hydrogen-bond acceptors (Lipinski definition) is 4. The van der Waals surface area contributed by atoms with Gasteiger partial charge in [0.05, 0.1) is 0 Å². The highest BCUT2D eigenvalue weighted by Crippen LogP contribution is 2.54. The van der Waals surface area contributed by atoms with Gasteiger partial charge in [-0.1, -0.05) is 6.07 Å². The fraction of sp³-hybridized carbons (Fsp3) is 0.652. The lowest BCUT2D eigenvalue weighted by molar-refractivity contribution is -0.137. The first-order chi connectivity index (χ1) is 15.3. The van der Waals surface area contributed by atoms with Crippen molar-refractivity contribution in [3.63, 3.8) is 0 Å². The number of hydrogen-bond donors (Lipinski definition) is 1. The molecule has 1 aliphatic heterocycles. The van der Waals surface area contributed by atoms with Gasteiger partial charge in [-0.15, -0.1) is 5.10 Å². The van der Waals surface area contributed by atoms with E-state index in [9.17, 15) is 18.4 Å². The number of pyridine rings is 1. The van der Waals surface area contributed by atoms with Crippen molar-refractivity contribution in [1.82, 2.24) is 19.5 Å². The average molecular weight is 443 g/mol. The number of aromatic nitrogens is 3. The zero-order valence-electron chi connectivity index (χ0n) is 17.9. The smallest absolute Gasteiger partial charge is 0.260 e. The van der Waals surface area contributed by atoms with E-state index in [1.807, 2.05) is 16.6 Å². The lowest BCUT2D eigenvalue weighted by Crippen LogP contribution is -2.43. The summed E-state index contributed by atoms with van der Waals surface area (Å²) in [4.78, 5) is 30.5. The van der Waals surface area contributed by atoms with Crippen LogP contribution in [0.15, 0.2) is 18.2 Å². The van der Waals surface area contributed by atoms with Crippen LogP contribution < -0.4 is 5.32 Å². The molecule has 2 aromatic rings. The van der Waals surface area contributed by atoms with Gasteiger partial charge in [0.25, 0.3) is 5.92 Å². The average Bonchev–Trinajstić information content (AvgIpc) is 3.64. The molecule has 2 atom stereocenters. The van der Waals surface area contributed by atoms with Crippen LogP contribution in [0.25, 0.3) is 5.65 Å². The molecule has 170 valence electrons. The monoisotopic (exact) mass is 443 g/mol. The molecule has 0 bridgehead atoms. The zero-order valence-corrected chi connectivity index (χ0v) is 17.9. The summed E-state index contributed by atoms with van der Waals surface area (Å²) in [5, 5.41) is 7.40. The Balaban J connectivity index is 1.14. The zero-order chi connectivity index (χ0) is 22.1. The highest BCUT2D eigenvalue weighted by atomic mass is 19.3. The highest BCUT2D eigenvalue weighted by Gasteiger charge is 2.62. The van der Waals surface area contributed by atoms with Crippen LogP contribution in [0.2, 0.25) is 0 Å². The first-order valence-corrected chi connectivity index (χ1v) is 11.7. The molecule has 2 amide bonds. The maximum absolute atomic E-state index is 13.3. The second kappa shape index (κ2) is 6.96. The predicted molar refractivity (Wildman–Crippen MR) is 112 cm³/mol. The van der Waals surface area contributed by atoms with E-state index in [0.717, 1.165) is 56.3 Å². The molecule has 32 heavy (non-hydrogen) atoms. The van der Waals surface area contributed by atoms with E-state index >= 15 is 0 Å². The largest absolute Gasteiger partial charge is 0.342 e. The van der Waals surface area contributed by atoms with Crippen molar-refractivity contribution in [1.29, 1.82) is 0 Å². The summed E-state index contributed by atoms with van der Waals surface area (Å²) in [5.74, 6) is -3.49. The second-order valence-electron chi connectivity index (χ2n) is 10.2. The van der Waals surface area contributed by atoms with Gasteiger partial charge >= 0.3 is 0 Å². The van der Waals surface area contributed by atoms with E-state index < -0.39 is 11.8 Å². The molecule has 7 nitrogen and oxygen atoms in total. The number of amides is 2. The van der Waals surface area contributed by atoms with Crippen LogP contribution in [0.5, 0.6) is 0 Å². The fourth-order valence-corrected chi connectivity index (χ4v) is 5.66. The Bertz CT molecular complexity index is 1090. The Morgan fingerprint density at radius 1 is 1.06 bits per heavy atom. The van der Waals surface area contributed by atoms with Crippen LogP contribution in [-0.4, -0.2) is 50.3 Å². The van der Waals surface area contributed by atoms with Gasteiger partial charge < -0.3 is 4.90 Å². The number of nitrogens with one attached hydrogen (secondary N) is 1. The van der Waals surface area contributed by atoms with E-state index in [4.69, 9.17) is 0 Å². The Morgan fingerprint density at radius 2 is 1.81 bits per heavy atom. The molecule has 0 unspecified atom stereocenters. The van der Waals surface area contributed by atoms with Gasteiger partial charge in [-0.25, -0.2) is 13.3 Å². The molecule has 2 aromatic heterocycles. The van der Waals surface area contributed by atoms with Crippen molar-refractivity contribution in [2.45, 2.75) is 63.2 Å². The number of anilines is 1. The van der Waals surface area contributed by atoms with Gasteiger partial charge in [-0.3, -0.25) is 14.9 Å². The number of nitrogens with zero attached hydrogens (tertiary/aromatic N) is 4. The SMILES string of the molecule is O=C(Nc1nc2cccc([C@@H]3CCC4(CCN(C(=O)[C@@H]5CC5(F)F)CC4)C3)n2n1)C1CC1. The number of carbonyl (C=O) groups excluding carboxylic acids is 2. The normalized spacial score (nSPS) is 28.2. The third-order valence-corrected chi connectivity index (χ3v) is 7.95. The molecule has 4 fully saturated rings. The number of halogens is 2. The molecule has 6 rings (SSSR count). The van der Waals surface area contributed by atoms with Gasteiger partial charge in [-0.2, -0.15) is 4.98 Å². The van der Waals surface area contributed by atoms with Crippen LogP contribution in [-0.2, 0) is 9.59 Å². The van der Waals surface area contributed by atoms with E-state index in [0.29, 0.717) is 25.0 Å². The van der Waals surface area contributed by atoms with Crippen LogP contribution in [0.1, 0.15) is 63.0 Å². The number of likely N-dealkylation sites (tertiary alicyclic amines) is 1. The summed E-state index contributed by atoms with van der Waals surface area (Å²) in [7, 11) is 0. The van der Waals surface area contributed by atoms with Crippen molar-refractivity contribution in [3.05, 3.63) is 23.9 Å². The minimum atomic E-state index is -2.79. The minimum absolute atomic E-state index is 0.00691. The molecule has 9 heteroatoms. The maximum Gasteiger partial charge on any atom is 0.260 e. The topological polar surface area (TPSA) is 79.6 Å². The molecule has 1 saturated heterocycles. The number of carbonyl (C=O) groups is 2. The summed E-state index contributed by atoms with van der Waals surface area (Å²) in [5.41, 5.74) is 1.97. The molecular formula is C23H27F2N5O2. The lowest BCUT2D eigenvalue weighted by atomic mass is 9.76. The number of piperidine rings is 1. The van der Waals surface area contributed by atoms with E-state index in [1.54, 1.807) is 4.90 Å². The van der Waals surface area contributed by atoms with E-state index in [-0.39, 0.29) is 29.6 Å². The Morgan fingerprint density at radius 3 is 2.50 bits per heavy atom. The minimum Gasteiger partial charge on any atom is -0.342 e. The van der Waals surface area contributed by atoms with Crippen molar-refractivity contribution in [2.75, 3.05) is 18.4 Å².